The second kappa shape index (κ2) is 14.0. The molecule has 4 amide bonds. The summed E-state index contributed by atoms with van der Waals surface area (Å²) in [5, 5.41) is 17.2. The van der Waals surface area contributed by atoms with Gasteiger partial charge in [0.1, 0.15) is 18.1 Å². The highest BCUT2D eigenvalue weighted by Gasteiger charge is 2.33. The van der Waals surface area contributed by atoms with Gasteiger partial charge in [0.05, 0.1) is 12.4 Å². The lowest BCUT2D eigenvalue weighted by molar-refractivity contribution is -0.142. The number of aliphatic carboxylic acids is 1. The van der Waals surface area contributed by atoms with Gasteiger partial charge in [-0.25, -0.2) is 9.78 Å². The van der Waals surface area contributed by atoms with Crippen molar-refractivity contribution >= 4 is 29.6 Å². The van der Waals surface area contributed by atoms with Gasteiger partial charge in [0.25, 0.3) is 0 Å². The van der Waals surface area contributed by atoms with Crippen molar-refractivity contribution in [2.75, 3.05) is 0 Å². The fourth-order valence-corrected chi connectivity index (χ4v) is 3.25. The van der Waals surface area contributed by atoms with Crippen molar-refractivity contribution in [1.82, 2.24) is 25.9 Å². The topological polar surface area (TPSA) is 222 Å². The van der Waals surface area contributed by atoms with Crippen molar-refractivity contribution in [1.29, 1.82) is 0 Å². The number of H-pyrrole nitrogens is 1. The molecule has 13 heteroatoms. The van der Waals surface area contributed by atoms with Crippen LogP contribution >= 0.6 is 0 Å². The summed E-state index contributed by atoms with van der Waals surface area (Å²) in [5.41, 5.74) is 11.4. The number of hydrogen-bond acceptors (Lipinski definition) is 7. The van der Waals surface area contributed by atoms with Gasteiger partial charge >= 0.3 is 5.97 Å². The molecule has 1 heterocycles. The quantitative estimate of drug-likeness (QED) is 0.156. The zero-order valence-corrected chi connectivity index (χ0v) is 20.5. The Morgan fingerprint density at radius 2 is 1.63 bits per heavy atom. The molecular weight excluding hydrogens is 458 g/mol. The van der Waals surface area contributed by atoms with Gasteiger partial charge in [0, 0.05) is 24.7 Å². The molecule has 1 aromatic rings. The molecule has 9 N–H and O–H groups in total. The van der Waals surface area contributed by atoms with E-state index in [2.05, 4.69) is 25.9 Å². The summed E-state index contributed by atoms with van der Waals surface area (Å²) < 4.78 is 0. The van der Waals surface area contributed by atoms with Crippen LogP contribution in [0.4, 0.5) is 0 Å². The molecule has 0 radical (unpaired) electrons. The number of hydrogen-bond donors (Lipinski definition) is 7. The number of nitrogens with zero attached hydrogens (tertiary/aromatic N) is 1. The van der Waals surface area contributed by atoms with E-state index < -0.39 is 53.8 Å². The number of primary amides is 1. The lowest BCUT2D eigenvalue weighted by Gasteiger charge is -2.29. The number of nitrogens with one attached hydrogen (secondary N) is 4. The van der Waals surface area contributed by atoms with Crippen LogP contribution in [0.5, 0.6) is 0 Å². The van der Waals surface area contributed by atoms with Crippen LogP contribution in [0.3, 0.4) is 0 Å². The van der Waals surface area contributed by atoms with Gasteiger partial charge < -0.3 is 37.5 Å². The first kappa shape index (κ1) is 29.6. The van der Waals surface area contributed by atoms with Gasteiger partial charge in [-0.2, -0.15) is 0 Å². The Morgan fingerprint density at radius 3 is 2.11 bits per heavy atom. The van der Waals surface area contributed by atoms with Gasteiger partial charge in [-0.15, -0.1) is 0 Å². The molecule has 5 unspecified atom stereocenters. The van der Waals surface area contributed by atoms with Gasteiger partial charge in [0.2, 0.25) is 23.6 Å². The minimum atomic E-state index is -1.24. The zero-order chi connectivity index (χ0) is 26.7. The minimum Gasteiger partial charge on any atom is -0.480 e. The predicted octanol–water partition coefficient (Wildman–Crippen LogP) is -1.21. The number of carbonyl (C=O) groups excluding carboxylic acids is 4. The van der Waals surface area contributed by atoms with Gasteiger partial charge in [-0.05, 0) is 18.3 Å². The number of aromatic nitrogens is 2. The van der Waals surface area contributed by atoms with E-state index in [4.69, 9.17) is 11.5 Å². The monoisotopic (exact) mass is 495 g/mol. The molecule has 0 bridgehead atoms. The maximum atomic E-state index is 13.1. The number of carbonyl (C=O) groups is 5. The summed E-state index contributed by atoms with van der Waals surface area (Å²) in [7, 11) is 0. The first-order chi connectivity index (χ1) is 16.4. The Hall–Kier alpha value is -3.48. The number of amides is 4. The standard InChI is InChI=1S/C22H37N7O6/c1-5-12(4)18(29-19(31)14(23)6-7-16(24)30)21(33)28-17(11(2)3)20(32)27-15(22(34)35)8-13-9-25-10-26-13/h9-12,14-15,17-18H,5-8,23H2,1-4H3,(H2,24,30)(H,25,26)(H,27,32)(H,28,33)(H,29,31)(H,34,35). The number of imidazole rings is 1. The molecule has 5 atom stereocenters. The Morgan fingerprint density at radius 1 is 1.03 bits per heavy atom. The summed E-state index contributed by atoms with van der Waals surface area (Å²) in [6.07, 6.45) is 3.33. The van der Waals surface area contributed by atoms with Crippen LogP contribution in [0.25, 0.3) is 0 Å². The minimum absolute atomic E-state index is 0.0193. The van der Waals surface area contributed by atoms with Crippen molar-refractivity contribution in [3.8, 4) is 0 Å². The highest BCUT2D eigenvalue weighted by molar-refractivity contribution is 5.94. The summed E-state index contributed by atoms with van der Waals surface area (Å²) in [6.45, 7) is 7.00. The molecule has 13 nitrogen and oxygen atoms in total. The van der Waals surface area contributed by atoms with Crippen molar-refractivity contribution in [2.24, 2.45) is 23.3 Å². The van der Waals surface area contributed by atoms with E-state index >= 15 is 0 Å². The second-order valence-corrected chi connectivity index (χ2v) is 8.89. The van der Waals surface area contributed by atoms with E-state index in [0.29, 0.717) is 12.1 Å². The Kier molecular flexibility index (Phi) is 11.9. The van der Waals surface area contributed by atoms with Crippen molar-refractivity contribution in [2.45, 2.75) is 77.5 Å². The maximum Gasteiger partial charge on any atom is 0.326 e. The van der Waals surface area contributed by atoms with Crippen LogP contribution in [0.2, 0.25) is 0 Å². The zero-order valence-electron chi connectivity index (χ0n) is 20.5. The lowest BCUT2D eigenvalue weighted by Crippen LogP contribution is -2.60. The Labute approximate surface area is 204 Å². The van der Waals surface area contributed by atoms with E-state index in [1.807, 2.05) is 6.92 Å². The second-order valence-electron chi connectivity index (χ2n) is 8.89. The molecule has 196 valence electrons. The number of carboxylic acids is 1. The molecule has 0 spiro atoms. The fourth-order valence-electron chi connectivity index (χ4n) is 3.25. The molecule has 0 saturated heterocycles. The van der Waals surface area contributed by atoms with Crippen LogP contribution < -0.4 is 27.4 Å². The highest BCUT2D eigenvalue weighted by Crippen LogP contribution is 2.11. The van der Waals surface area contributed by atoms with Gasteiger partial charge in [0.15, 0.2) is 0 Å². The number of nitrogens with two attached hydrogens (primary N) is 2. The van der Waals surface area contributed by atoms with E-state index in [-0.39, 0.29) is 31.1 Å². The normalized spacial score (nSPS) is 15.4. The van der Waals surface area contributed by atoms with E-state index in [1.165, 1.54) is 12.5 Å². The summed E-state index contributed by atoms with van der Waals surface area (Å²) in [5.74, 6) is -4.42. The molecule has 0 fully saturated rings. The molecule has 1 rings (SSSR count). The highest BCUT2D eigenvalue weighted by atomic mass is 16.4. The third kappa shape index (κ3) is 9.73. The predicted molar refractivity (Wildman–Crippen MR) is 126 cm³/mol. The summed E-state index contributed by atoms with van der Waals surface area (Å²) in [4.78, 5) is 67.8. The average Bonchev–Trinajstić information content (AvgIpc) is 3.30. The van der Waals surface area contributed by atoms with E-state index in [1.54, 1.807) is 20.8 Å². The number of aromatic amines is 1. The molecule has 0 aromatic carbocycles. The Balaban J connectivity index is 2.94. The smallest absolute Gasteiger partial charge is 0.326 e. The molecule has 0 aliphatic heterocycles. The third-order valence-electron chi connectivity index (χ3n) is 5.67. The third-order valence-corrected chi connectivity index (χ3v) is 5.67. The van der Waals surface area contributed by atoms with Gasteiger partial charge in [-0.1, -0.05) is 34.1 Å². The maximum absolute atomic E-state index is 13.1. The van der Waals surface area contributed by atoms with Crippen LogP contribution in [-0.2, 0) is 30.4 Å². The SMILES string of the molecule is CCC(C)C(NC(=O)C(N)CCC(N)=O)C(=O)NC(C(=O)NC(Cc1cnc[nH]1)C(=O)O)C(C)C. The fraction of sp³-hybridized carbons (Fsp3) is 0.636. The molecular formula is C22H37N7O6. The molecule has 0 aliphatic rings. The molecule has 0 saturated carbocycles. The van der Waals surface area contributed by atoms with Crippen molar-refractivity contribution in [3.63, 3.8) is 0 Å². The lowest BCUT2D eigenvalue weighted by atomic mass is 9.95. The summed E-state index contributed by atoms with van der Waals surface area (Å²) >= 11 is 0. The largest absolute Gasteiger partial charge is 0.480 e. The van der Waals surface area contributed by atoms with Crippen LogP contribution in [0, 0.1) is 11.8 Å². The first-order valence-corrected chi connectivity index (χ1v) is 11.5. The van der Waals surface area contributed by atoms with Crippen LogP contribution in [-0.4, -0.2) is 68.8 Å². The summed E-state index contributed by atoms with van der Waals surface area (Å²) in [6, 6.07) is -4.33. The molecule has 1 aromatic heterocycles. The first-order valence-electron chi connectivity index (χ1n) is 11.5. The molecule has 35 heavy (non-hydrogen) atoms. The van der Waals surface area contributed by atoms with Crippen molar-refractivity contribution < 1.29 is 29.1 Å². The van der Waals surface area contributed by atoms with E-state index in [0.717, 1.165) is 0 Å². The average molecular weight is 496 g/mol. The van der Waals surface area contributed by atoms with Crippen LogP contribution in [0.1, 0.15) is 52.7 Å². The van der Waals surface area contributed by atoms with Gasteiger partial charge in [-0.3, -0.25) is 19.2 Å². The number of rotatable bonds is 15. The van der Waals surface area contributed by atoms with Crippen LogP contribution in [0.15, 0.2) is 12.5 Å². The number of carboxylic acid groups (broad SMARTS) is 1. The molecule has 0 aliphatic carbocycles. The van der Waals surface area contributed by atoms with Crippen molar-refractivity contribution in [3.05, 3.63) is 18.2 Å². The van der Waals surface area contributed by atoms with E-state index in [9.17, 15) is 29.1 Å². The Bertz CT molecular complexity index is 874.